The van der Waals surface area contributed by atoms with Crippen molar-refractivity contribution in [1.29, 1.82) is 0 Å². The predicted molar refractivity (Wildman–Crippen MR) is 145 cm³/mol. The van der Waals surface area contributed by atoms with Crippen molar-refractivity contribution in [2.24, 2.45) is 0 Å². The highest BCUT2D eigenvalue weighted by atomic mass is 16.5. The van der Waals surface area contributed by atoms with Crippen molar-refractivity contribution in [2.45, 2.75) is 38.5 Å². The highest BCUT2D eigenvalue weighted by molar-refractivity contribution is 6.09. The Labute approximate surface area is 216 Å². The van der Waals surface area contributed by atoms with Gasteiger partial charge < -0.3 is 14.6 Å². The van der Waals surface area contributed by atoms with Crippen LogP contribution in [0.5, 0.6) is 11.5 Å². The van der Waals surface area contributed by atoms with Crippen molar-refractivity contribution in [3.63, 3.8) is 0 Å². The third kappa shape index (κ3) is 5.36. The summed E-state index contributed by atoms with van der Waals surface area (Å²) in [4.78, 5) is 23.9. The number of ketones is 1. The van der Waals surface area contributed by atoms with E-state index in [2.05, 4.69) is 12.1 Å². The van der Waals surface area contributed by atoms with Crippen LogP contribution in [0.2, 0.25) is 0 Å². The molecule has 0 bridgehead atoms. The average Bonchev–Trinajstić information content (AvgIpc) is 3.04. The maximum atomic E-state index is 12.3. The zero-order valence-corrected chi connectivity index (χ0v) is 20.9. The van der Waals surface area contributed by atoms with Crippen molar-refractivity contribution in [3.8, 4) is 22.6 Å². The molecule has 1 N–H and O–H groups in total. The molecule has 0 saturated carbocycles. The second kappa shape index (κ2) is 10.9. The van der Waals surface area contributed by atoms with Crippen LogP contribution < -0.4 is 9.47 Å². The van der Waals surface area contributed by atoms with Gasteiger partial charge in [-0.2, -0.15) is 0 Å². The summed E-state index contributed by atoms with van der Waals surface area (Å²) >= 11 is 0. The molecular formula is C32H30O5. The second-order valence-electron chi connectivity index (χ2n) is 9.51. The number of aliphatic carboxylic acids is 1. The zero-order chi connectivity index (χ0) is 25.8. The number of carbonyl (C=O) groups is 2. The molecular weight excluding hydrogens is 464 g/mol. The first-order chi connectivity index (χ1) is 18.0. The number of hydrogen-bond acceptors (Lipinski definition) is 4. The number of fused-ring (bicyclic) bond motifs is 4. The highest BCUT2D eigenvalue weighted by Gasteiger charge is 2.24. The van der Waals surface area contributed by atoms with E-state index in [4.69, 9.17) is 9.47 Å². The molecule has 0 heterocycles. The zero-order valence-electron chi connectivity index (χ0n) is 20.9. The van der Waals surface area contributed by atoms with Gasteiger partial charge in [0, 0.05) is 6.42 Å². The van der Waals surface area contributed by atoms with E-state index in [0.717, 1.165) is 40.5 Å². The van der Waals surface area contributed by atoms with Crippen LogP contribution in [0.4, 0.5) is 0 Å². The van der Waals surface area contributed by atoms with E-state index < -0.39 is 5.97 Å². The Morgan fingerprint density at radius 3 is 2.51 bits per heavy atom. The normalized spacial score (nSPS) is 14.4. The third-order valence-corrected chi connectivity index (χ3v) is 7.01. The molecule has 0 radical (unpaired) electrons. The lowest BCUT2D eigenvalue weighted by Crippen LogP contribution is -2.09. The van der Waals surface area contributed by atoms with Gasteiger partial charge >= 0.3 is 5.97 Å². The molecule has 4 aromatic rings. The van der Waals surface area contributed by atoms with Gasteiger partial charge in [-0.15, -0.1) is 0 Å². The van der Waals surface area contributed by atoms with E-state index in [1.807, 2.05) is 66.7 Å². The summed E-state index contributed by atoms with van der Waals surface area (Å²) in [5, 5.41) is 11.4. The second-order valence-corrected chi connectivity index (χ2v) is 9.51. The summed E-state index contributed by atoms with van der Waals surface area (Å²) in [5.41, 5.74) is 5.14. The van der Waals surface area contributed by atoms with Gasteiger partial charge in [0.2, 0.25) is 0 Å². The number of hydrogen-bond donors (Lipinski definition) is 1. The fourth-order valence-electron chi connectivity index (χ4n) is 5.29. The van der Waals surface area contributed by atoms with Gasteiger partial charge in [-0.3, -0.25) is 9.59 Å². The standard InChI is InChI=1S/C32H30O5/c1-21(33)32-27-10-5-3-8-23(27)13-16-30(32)37-18-6-17-36-25-14-15-28-26-9-4-2-7-22(26)11-12-24(19-31(34)35)29(28)20-25/h2-5,7-10,13-16,20,24H,6,11-12,17-19H2,1H3,(H,34,35). The van der Waals surface area contributed by atoms with Crippen LogP contribution in [0.15, 0.2) is 78.9 Å². The highest BCUT2D eigenvalue weighted by Crippen LogP contribution is 2.41. The van der Waals surface area contributed by atoms with Crippen LogP contribution in [0, 0.1) is 0 Å². The lowest BCUT2D eigenvalue weighted by atomic mass is 9.88. The molecule has 5 rings (SSSR count). The van der Waals surface area contributed by atoms with Gasteiger partial charge in [-0.05, 0) is 76.9 Å². The van der Waals surface area contributed by atoms with E-state index in [1.54, 1.807) is 6.92 Å². The topological polar surface area (TPSA) is 72.8 Å². The molecule has 188 valence electrons. The van der Waals surface area contributed by atoms with E-state index >= 15 is 0 Å². The molecule has 5 nitrogen and oxygen atoms in total. The first kappa shape index (κ1) is 24.6. The maximum Gasteiger partial charge on any atom is 0.303 e. The number of carboxylic acid groups (broad SMARTS) is 1. The molecule has 0 saturated heterocycles. The fourth-order valence-corrected chi connectivity index (χ4v) is 5.29. The number of carbonyl (C=O) groups excluding carboxylic acids is 1. The first-order valence-corrected chi connectivity index (χ1v) is 12.7. The van der Waals surface area contributed by atoms with Crippen LogP contribution in [0.1, 0.15) is 53.6 Å². The van der Waals surface area contributed by atoms with Crippen LogP contribution in [0.25, 0.3) is 21.9 Å². The van der Waals surface area contributed by atoms with Crippen LogP contribution in [-0.2, 0) is 11.2 Å². The summed E-state index contributed by atoms with van der Waals surface area (Å²) < 4.78 is 12.0. The van der Waals surface area contributed by atoms with Crippen molar-refractivity contribution in [2.75, 3.05) is 13.2 Å². The third-order valence-electron chi connectivity index (χ3n) is 7.01. The Morgan fingerprint density at radius 1 is 0.892 bits per heavy atom. The van der Waals surface area contributed by atoms with Crippen LogP contribution in [-0.4, -0.2) is 30.1 Å². The summed E-state index contributed by atoms with van der Waals surface area (Å²) in [6.45, 7) is 2.42. The molecule has 0 aliphatic heterocycles. The maximum absolute atomic E-state index is 12.3. The molecule has 1 aliphatic rings. The SMILES string of the molecule is CC(=O)c1c(OCCCOc2ccc3c(c2)C(CC(=O)O)CCc2ccccc2-3)ccc2ccccc12. The molecule has 5 heteroatoms. The van der Waals surface area contributed by atoms with Crippen LogP contribution in [0.3, 0.4) is 0 Å². The molecule has 1 atom stereocenters. The molecule has 37 heavy (non-hydrogen) atoms. The number of carboxylic acids is 1. The van der Waals surface area contributed by atoms with Gasteiger partial charge in [-0.25, -0.2) is 0 Å². The number of Topliss-reactive ketones (excluding diaryl/α,β-unsaturated/α-hetero) is 1. The Morgan fingerprint density at radius 2 is 1.68 bits per heavy atom. The van der Waals surface area contributed by atoms with Gasteiger partial charge in [-0.1, -0.05) is 60.7 Å². The summed E-state index contributed by atoms with van der Waals surface area (Å²) in [6, 6.07) is 25.9. The summed E-state index contributed by atoms with van der Waals surface area (Å²) in [7, 11) is 0. The summed E-state index contributed by atoms with van der Waals surface area (Å²) in [6.07, 6.45) is 2.39. The Bertz CT molecular complexity index is 1460. The van der Waals surface area contributed by atoms with Crippen molar-refractivity contribution < 1.29 is 24.2 Å². The summed E-state index contributed by atoms with van der Waals surface area (Å²) in [5.74, 6) is 0.439. The minimum absolute atomic E-state index is 0.0227. The smallest absolute Gasteiger partial charge is 0.303 e. The molecule has 0 aromatic heterocycles. The van der Waals surface area contributed by atoms with E-state index in [9.17, 15) is 14.7 Å². The van der Waals surface area contributed by atoms with Crippen molar-refractivity contribution >= 4 is 22.5 Å². The fraction of sp³-hybridized carbons (Fsp3) is 0.250. The van der Waals surface area contributed by atoms with E-state index in [1.165, 1.54) is 11.1 Å². The van der Waals surface area contributed by atoms with Gasteiger partial charge in [0.15, 0.2) is 5.78 Å². The average molecular weight is 495 g/mol. The quantitative estimate of drug-likeness (QED) is 0.199. The number of aryl methyl sites for hydroxylation is 1. The largest absolute Gasteiger partial charge is 0.493 e. The van der Waals surface area contributed by atoms with E-state index in [-0.39, 0.29) is 18.1 Å². The molecule has 1 aliphatic carbocycles. The van der Waals surface area contributed by atoms with Crippen LogP contribution >= 0.6 is 0 Å². The van der Waals surface area contributed by atoms with E-state index in [0.29, 0.717) is 30.9 Å². The molecule has 0 spiro atoms. The Balaban J connectivity index is 1.27. The lowest BCUT2D eigenvalue weighted by Gasteiger charge is -2.18. The minimum Gasteiger partial charge on any atom is -0.493 e. The van der Waals surface area contributed by atoms with Crippen molar-refractivity contribution in [1.82, 2.24) is 0 Å². The number of ether oxygens (including phenoxy) is 2. The Kier molecular flexibility index (Phi) is 7.22. The number of rotatable bonds is 9. The minimum atomic E-state index is -0.788. The molecule has 1 unspecified atom stereocenters. The molecule has 4 aromatic carbocycles. The van der Waals surface area contributed by atoms with Gasteiger partial charge in [0.05, 0.1) is 25.2 Å². The monoisotopic (exact) mass is 494 g/mol. The number of benzene rings is 4. The van der Waals surface area contributed by atoms with Gasteiger partial charge in [0.25, 0.3) is 0 Å². The van der Waals surface area contributed by atoms with Gasteiger partial charge in [0.1, 0.15) is 11.5 Å². The molecule has 0 fully saturated rings. The Hall–Kier alpha value is -4.12. The predicted octanol–water partition coefficient (Wildman–Crippen LogP) is 7.06. The lowest BCUT2D eigenvalue weighted by molar-refractivity contribution is -0.137. The molecule has 0 amide bonds. The van der Waals surface area contributed by atoms with Crippen molar-refractivity contribution in [3.05, 3.63) is 95.6 Å². The first-order valence-electron chi connectivity index (χ1n) is 12.7.